The summed E-state index contributed by atoms with van der Waals surface area (Å²) in [5, 5.41) is 11.5. The second-order valence-electron chi connectivity index (χ2n) is 5.98. The van der Waals surface area contributed by atoms with Crippen molar-refractivity contribution in [2.24, 2.45) is 0 Å². The molecule has 1 amide bonds. The van der Waals surface area contributed by atoms with Gasteiger partial charge in [0.15, 0.2) is 0 Å². The van der Waals surface area contributed by atoms with Crippen molar-refractivity contribution in [2.45, 2.75) is 31.3 Å². The van der Waals surface area contributed by atoms with E-state index in [4.69, 9.17) is 11.6 Å². The molecule has 1 atom stereocenters. The van der Waals surface area contributed by atoms with Crippen LogP contribution in [0.2, 0.25) is 5.02 Å². The number of hydrogen-bond acceptors (Lipinski definition) is 3. The summed E-state index contributed by atoms with van der Waals surface area (Å²) in [6.07, 6.45) is 5.05. The van der Waals surface area contributed by atoms with E-state index in [9.17, 15) is 4.79 Å². The first-order valence-corrected chi connectivity index (χ1v) is 8.27. The predicted octanol–water partition coefficient (Wildman–Crippen LogP) is 2.49. The second kappa shape index (κ2) is 6.72. The molecule has 1 saturated heterocycles. The van der Waals surface area contributed by atoms with E-state index in [1.807, 2.05) is 43.5 Å². The highest BCUT2D eigenvalue weighted by molar-refractivity contribution is 6.30. The summed E-state index contributed by atoms with van der Waals surface area (Å²) in [5.74, 6) is 0.0187. The number of hydrogen-bond donors (Lipinski definition) is 2. The van der Waals surface area contributed by atoms with Gasteiger partial charge >= 0.3 is 0 Å². The van der Waals surface area contributed by atoms with E-state index in [2.05, 4.69) is 15.7 Å². The van der Waals surface area contributed by atoms with Gasteiger partial charge in [0.25, 0.3) is 0 Å². The molecule has 0 radical (unpaired) electrons. The molecule has 1 aliphatic rings. The minimum Gasteiger partial charge on any atom is -0.347 e. The van der Waals surface area contributed by atoms with E-state index in [-0.39, 0.29) is 11.9 Å². The highest BCUT2D eigenvalue weighted by Crippen LogP contribution is 2.28. The largest absolute Gasteiger partial charge is 0.347 e. The third-order valence-corrected chi connectivity index (χ3v) is 4.77. The Kier molecular flexibility index (Phi) is 4.68. The molecule has 0 aliphatic carbocycles. The molecule has 1 aromatic carbocycles. The lowest BCUT2D eigenvalue weighted by molar-refractivity contribution is -0.132. The maximum Gasteiger partial charge on any atom is 0.248 e. The summed E-state index contributed by atoms with van der Waals surface area (Å²) in [6.45, 7) is 3.60. The number of aromatic nitrogens is 2. The van der Waals surface area contributed by atoms with Crippen LogP contribution in [0.5, 0.6) is 0 Å². The first-order chi connectivity index (χ1) is 11.1. The van der Waals surface area contributed by atoms with Crippen molar-refractivity contribution >= 4 is 17.5 Å². The Morgan fingerprint density at radius 3 is 2.65 bits per heavy atom. The molecular weight excluding hydrogens is 312 g/mol. The Labute approximate surface area is 141 Å². The normalized spacial score (nSPS) is 18.3. The Balaban J connectivity index is 1.80. The molecule has 1 fully saturated rings. The lowest BCUT2D eigenvalue weighted by Gasteiger charge is -2.37. The molecule has 1 unspecified atom stereocenters. The number of benzene rings is 1. The van der Waals surface area contributed by atoms with Gasteiger partial charge in [-0.1, -0.05) is 23.7 Å². The molecule has 5 nitrogen and oxygen atoms in total. The average Bonchev–Trinajstić information content (AvgIpc) is 3.11. The fraction of sp³-hybridized carbons (Fsp3) is 0.412. The highest BCUT2D eigenvalue weighted by Gasteiger charge is 2.42. The number of halogens is 1. The van der Waals surface area contributed by atoms with Gasteiger partial charge in [-0.15, -0.1) is 0 Å². The molecule has 1 aliphatic heterocycles. The van der Waals surface area contributed by atoms with Crippen molar-refractivity contribution in [3.05, 3.63) is 53.3 Å². The minimum absolute atomic E-state index is 0.0187. The summed E-state index contributed by atoms with van der Waals surface area (Å²) in [5.41, 5.74) is 0.419. The first kappa shape index (κ1) is 16.0. The van der Waals surface area contributed by atoms with Crippen LogP contribution >= 0.6 is 11.6 Å². The Hall–Kier alpha value is -1.85. The summed E-state index contributed by atoms with van der Waals surface area (Å²) in [6, 6.07) is 9.34. The topological polar surface area (TPSA) is 59.0 Å². The number of carbonyl (C=O) groups is 1. The van der Waals surface area contributed by atoms with E-state index in [0.717, 1.165) is 31.5 Å². The molecular formula is C17H21ClN4O. The SMILES string of the molecule is CC(NC(=O)C1(n2cccn2)CCNCC1)c1ccc(Cl)cc1. The zero-order valence-corrected chi connectivity index (χ0v) is 13.9. The van der Waals surface area contributed by atoms with Gasteiger partial charge in [-0.05, 0) is 56.6 Å². The smallest absolute Gasteiger partial charge is 0.248 e. The standard InChI is InChI=1S/C17H21ClN4O/c1-13(14-3-5-15(18)6-4-14)21-16(23)17(7-10-19-11-8-17)22-12-2-9-20-22/h2-6,9,12-13,19H,7-8,10-11H2,1H3,(H,21,23). The minimum atomic E-state index is -0.616. The number of rotatable bonds is 4. The van der Waals surface area contributed by atoms with Crippen LogP contribution in [0.4, 0.5) is 0 Å². The summed E-state index contributed by atoms with van der Waals surface area (Å²) >= 11 is 5.93. The van der Waals surface area contributed by atoms with Gasteiger partial charge < -0.3 is 10.6 Å². The van der Waals surface area contributed by atoms with Crippen LogP contribution in [0.1, 0.15) is 31.4 Å². The van der Waals surface area contributed by atoms with Crippen LogP contribution in [0.25, 0.3) is 0 Å². The van der Waals surface area contributed by atoms with Crippen molar-refractivity contribution < 1.29 is 4.79 Å². The van der Waals surface area contributed by atoms with Gasteiger partial charge in [0, 0.05) is 17.4 Å². The number of carbonyl (C=O) groups excluding carboxylic acids is 1. The average molecular weight is 333 g/mol. The first-order valence-electron chi connectivity index (χ1n) is 7.89. The monoisotopic (exact) mass is 332 g/mol. The van der Waals surface area contributed by atoms with E-state index in [1.165, 1.54) is 0 Å². The van der Waals surface area contributed by atoms with E-state index in [0.29, 0.717) is 5.02 Å². The molecule has 122 valence electrons. The predicted molar refractivity (Wildman–Crippen MR) is 90.3 cm³/mol. The van der Waals surface area contributed by atoms with E-state index in [1.54, 1.807) is 10.9 Å². The zero-order valence-electron chi connectivity index (χ0n) is 13.1. The van der Waals surface area contributed by atoms with E-state index < -0.39 is 5.54 Å². The molecule has 2 N–H and O–H groups in total. The molecule has 0 spiro atoms. The highest BCUT2D eigenvalue weighted by atomic mass is 35.5. The van der Waals surface area contributed by atoms with Gasteiger partial charge in [-0.2, -0.15) is 5.10 Å². The van der Waals surface area contributed by atoms with Crippen LogP contribution in [0.15, 0.2) is 42.7 Å². The van der Waals surface area contributed by atoms with Crippen molar-refractivity contribution in [1.29, 1.82) is 0 Å². The zero-order chi connectivity index (χ0) is 16.3. The van der Waals surface area contributed by atoms with Crippen LogP contribution in [-0.2, 0) is 10.3 Å². The molecule has 23 heavy (non-hydrogen) atoms. The van der Waals surface area contributed by atoms with Crippen LogP contribution in [0.3, 0.4) is 0 Å². The molecule has 2 aromatic rings. The summed E-state index contributed by atoms with van der Waals surface area (Å²) in [4.78, 5) is 13.0. The number of nitrogens with zero attached hydrogens (tertiary/aromatic N) is 2. The molecule has 3 rings (SSSR count). The van der Waals surface area contributed by atoms with Gasteiger partial charge in [-0.3, -0.25) is 9.48 Å². The lowest BCUT2D eigenvalue weighted by Crippen LogP contribution is -2.55. The number of amides is 1. The van der Waals surface area contributed by atoms with Gasteiger partial charge in [-0.25, -0.2) is 0 Å². The lowest BCUT2D eigenvalue weighted by atomic mass is 9.87. The molecule has 1 aromatic heterocycles. The number of nitrogens with one attached hydrogen (secondary N) is 2. The Morgan fingerprint density at radius 1 is 1.35 bits per heavy atom. The number of piperidine rings is 1. The fourth-order valence-corrected chi connectivity index (χ4v) is 3.21. The molecule has 0 saturated carbocycles. The second-order valence-corrected chi connectivity index (χ2v) is 6.42. The third kappa shape index (κ3) is 3.26. The van der Waals surface area contributed by atoms with Crippen molar-refractivity contribution in [1.82, 2.24) is 20.4 Å². The Morgan fingerprint density at radius 2 is 2.04 bits per heavy atom. The molecule has 2 heterocycles. The van der Waals surface area contributed by atoms with Crippen molar-refractivity contribution in [3.63, 3.8) is 0 Å². The molecule has 6 heteroatoms. The van der Waals surface area contributed by atoms with Crippen molar-refractivity contribution in [3.8, 4) is 0 Å². The molecule has 0 bridgehead atoms. The van der Waals surface area contributed by atoms with E-state index >= 15 is 0 Å². The summed E-state index contributed by atoms with van der Waals surface area (Å²) < 4.78 is 1.80. The van der Waals surface area contributed by atoms with Crippen LogP contribution < -0.4 is 10.6 Å². The van der Waals surface area contributed by atoms with Gasteiger partial charge in [0.2, 0.25) is 5.91 Å². The Bertz CT molecular complexity index is 648. The maximum atomic E-state index is 13.0. The van der Waals surface area contributed by atoms with Crippen molar-refractivity contribution in [2.75, 3.05) is 13.1 Å². The quantitative estimate of drug-likeness (QED) is 0.904. The van der Waals surface area contributed by atoms with Crippen LogP contribution in [0, 0.1) is 0 Å². The third-order valence-electron chi connectivity index (χ3n) is 4.51. The fourth-order valence-electron chi connectivity index (χ4n) is 3.09. The van der Waals surface area contributed by atoms with Crippen LogP contribution in [-0.4, -0.2) is 28.8 Å². The van der Waals surface area contributed by atoms with Gasteiger partial charge in [0.05, 0.1) is 6.04 Å². The maximum absolute atomic E-state index is 13.0. The summed E-state index contributed by atoms with van der Waals surface area (Å²) in [7, 11) is 0. The van der Waals surface area contributed by atoms with Gasteiger partial charge in [0.1, 0.15) is 5.54 Å².